The van der Waals surface area contributed by atoms with Gasteiger partial charge in [0.25, 0.3) is 5.91 Å². The van der Waals surface area contributed by atoms with E-state index in [1.807, 2.05) is 0 Å². The lowest BCUT2D eigenvalue weighted by Gasteiger charge is -2.09. The van der Waals surface area contributed by atoms with Crippen LogP contribution in [0.15, 0.2) is 16.8 Å². The van der Waals surface area contributed by atoms with Gasteiger partial charge in [-0.15, -0.1) is 0 Å². The highest BCUT2D eigenvalue weighted by Crippen LogP contribution is 2.19. The van der Waals surface area contributed by atoms with Gasteiger partial charge in [0.2, 0.25) is 6.10 Å². The van der Waals surface area contributed by atoms with Crippen molar-refractivity contribution in [2.45, 2.75) is 38.2 Å². The number of nitrogens with one attached hydrogen (secondary N) is 1. The molecule has 0 saturated carbocycles. The van der Waals surface area contributed by atoms with Crippen molar-refractivity contribution >= 4 is 17.6 Å². The van der Waals surface area contributed by atoms with Gasteiger partial charge in [0.1, 0.15) is 0 Å². The van der Waals surface area contributed by atoms with E-state index in [0.29, 0.717) is 6.54 Å². The number of carboxylic acids is 1. The fraction of sp³-hybridized carbons (Fsp3) is 0.583. The molecule has 0 fully saturated rings. The lowest BCUT2D eigenvalue weighted by atomic mass is 10.1. The summed E-state index contributed by atoms with van der Waals surface area (Å²) >= 11 is 0. The molecular weight excluding hydrogens is 236 g/mol. The number of carbonyl (C=O) groups excluding carboxylic acids is 1. The van der Waals surface area contributed by atoms with Crippen molar-refractivity contribution < 1.29 is 19.5 Å². The molecule has 18 heavy (non-hydrogen) atoms. The Bertz CT molecular complexity index is 414. The molecule has 1 unspecified atom stereocenters. The van der Waals surface area contributed by atoms with E-state index in [-0.39, 0.29) is 18.0 Å². The zero-order valence-corrected chi connectivity index (χ0v) is 10.0. The topological polar surface area (TPSA) is 88.0 Å². The first-order chi connectivity index (χ1) is 8.66. The maximum absolute atomic E-state index is 11.7. The van der Waals surface area contributed by atoms with Crippen LogP contribution in [0.3, 0.4) is 0 Å². The Labute approximate surface area is 105 Å². The third-order valence-corrected chi connectivity index (χ3v) is 3.09. The Balaban J connectivity index is 1.68. The fourth-order valence-electron chi connectivity index (χ4n) is 2.07. The second-order valence-electron chi connectivity index (χ2n) is 4.44. The Kier molecular flexibility index (Phi) is 3.96. The molecule has 0 saturated heterocycles. The van der Waals surface area contributed by atoms with Gasteiger partial charge in [0, 0.05) is 13.0 Å². The average molecular weight is 252 g/mol. The number of carbonyl (C=O) groups is 2. The molecule has 0 radical (unpaired) electrons. The number of carboxylic acid groups (broad SMARTS) is 1. The van der Waals surface area contributed by atoms with E-state index in [1.165, 1.54) is 12.0 Å². The molecule has 1 aliphatic carbocycles. The van der Waals surface area contributed by atoms with Crippen LogP contribution in [0.2, 0.25) is 0 Å². The molecule has 98 valence electrons. The number of allylic oxidation sites excluding steroid dienone is 1. The molecule has 1 atom stereocenters. The summed E-state index contributed by atoms with van der Waals surface area (Å²) in [5.41, 5.74) is 1.28. The van der Waals surface area contributed by atoms with Gasteiger partial charge in [-0.1, -0.05) is 16.8 Å². The van der Waals surface area contributed by atoms with Gasteiger partial charge in [-0.3, -0.25) is 4.79 Å². The van der Waals surface area contributed by atoms with Crippen molar-refractivity contribution in [3.05, 3.63) is 11.6 Å². The third-order valence-electron chi connectivity index (χ3n) is 3.09. The zero-order chi connectivity index (χ0) is 13.0. The van der Waals surface area contributed by atoms with E-state index < -0.39 is 12.1 Å². The van der Waals surface area contributed by atoms with Crippen LogP contribution in [0.4, 0.5) is 0 Å². The zero-order valence-electron chi connectivity index (χ0n) is 10.0. The Morgan fingerprint density at radius 2 is 2.39 bits per heavy atom. The third kappa shape index (κ3) is 3.09. The molecule has 0 bridgehead atoms. The van der Waals surface area contributed by atoms with Gasteiger partial charge in [0.05, 0.1) is 0 Å². The molecule has 0 spiro atoms. The van der Waals surface area contributed by atoms with E-state index in [2.05, 4.69) is 16.5 Å². The summed E-state index contributed by atoms with van der Waals surface area (Å²) in [5, 5.41) is 14.8. The number of nitrogens with zero attached hydrogens (tertiary/aromatic N) is 1. The van der Waals surface area contributed by atoms with Crippen LogP contribution in [0.5, 0.6) is 0 Å². The second kappa shape index (κ2) is 5.66. The summed E-state index contributed by atoms with van der Waals surface area (Å²) in [6.07, 6.45) is 5.74. The Hall–Kier alpha value is -1.85. The molecule has 0 aromatic rings. The van der Waals surface area contributed by atoms with Crippen LogP contribution in [-0.2, 0) is 14.4 Å². The molecule has 0 aromatic heterocycles. The second-order valence-corrected chi connectivity index (χ2v) is 4.44. The maximum atomic E-state index is 11.7. The molecular formula is C12H16N2O4. The highest BCUT2D eigenvalue weighted by molar-refractivity contribution is 6.36. The highest BCUT2D eigenvalue weighted by atomic mass is 16.6. The molecule has 1 amide bonds. The molecule has 6 heteroatoms. The van der Waals surface area contributed by atoms with Crippen LogP contribution < -0.4 is 5.32 Å². The Morgan fingerprint density at radius 3 is 3.00 bits per heavy atom. The molecule has 2 N–H and O–H groups in total. The van der Waals surface area contributed by atoms with Crippen LogP contribution >= 0.6 is 0 Å². The van der Waals surface area contributed by atoms with Crippen LogP contribution in [0, 0.1) is 0 Å². The summed E-state index contributed by atoms with van der Waals surface area (Å²) < 4.78 is 0. The first kappa shape index (κ1) is 12.6. The normalized spacial score (nSPS) is 22.1. The summed E-state index contributed by atoms with van der Waals surface area (Å²) in [5.74, 6) is -1.44. The van der Waals surface area contributed by atoms with Gasteiger partial charge < -0.3 is 15.3 Å². The van der Waals surface area contributed by atoms with E-state index in [4.69, 9.17) is 9.94 Å². The number of oxime groups is 1. The average Bonchev–Trinajstić information content (AvgIpc) is 2.99. The van der Waals surface area contributed by atoms with Crippen molar-refractivity contribution in [1.29, 1.82) is 0 Å². The Morgan fingerprint density at radius 1 is 1.56 bits per heavy atom. The predicted molar refractivity (Wildman–Crippen MR) is 64.1 cm³/mol. The van der Waals surface area contributed by atoms with Crippen molar-refractivity contribution in [2.75, 3.05) is 6.54 Å². The summed E-state index contributed by atoms with van der Waals surface area (Å²) in [7, 11) is 0. The van der Waals surface area contributed by atoms with E-state index in [9.17, 15) is 9.59 Å². The van der Waals surface area contributed by atoms with Gasteiger partial charge in [-0.05, 0) is 25.7 Å². The first-order valence-electron chi connectivity index (χ1n) is 6.08. The van der Waals surface area contributed by atoms with Crippen molar-refractivity contribution in [1.82, 2.24) is 5.32 Å². The fourth-order valence-corrected chi connectivity index (χ4v) is 2.07. The van der Waals surface area contributed by atoms with Gasteiger partial charge in [0.15, 0.2) is 5.71 Å². The standard InChI is InChI=1S/C12H16N2O4/c15-11(10-7-9(12(16)17)14-18-10)13-6-5-8-3-1-2-4-8/h3,10H,1-2,4-7H2,(H,13,15)(H,16,17). The highest BCUT2D eigenvalue weighted by Gasteiger charge is 2.31. The minimum atomic E-state index is -1.14. The summed E-state index contributed by atoms with van der Waals surface area (Å²) in [6.45, 7) is 0.562. The smallest absolute Gasteiger partial charge is 0.353 e. The van der Waals surface area contributed by atoms with E-state index in [0.717, 1.165) is 19.3 Å². The number of aliphatic carboxylic acids is 1. The molecule has 1 aliphatic heterocycles. The van der Waals surface area contributed by atoms with Crippen LogP contribution in [0.1, 0.15) is 32.1 Å². The van der Waals surface area contributed by atoms with Crippen molar-refractivity contribution in [3.8, 4) is 0 Å². The largest absolute Gasteiger partial charge is 0.477 e. The van der Waals surface area contributed by atoms with Crippen molar-refractivity contribution in [3.63, 3.8) is 0 Å². The van der Waals surface area contributed by atoms with E-state index >= 15 is 0 Å². The summed E-state index contributed by atoms with van der Waals surface area (Å²) in [4.78, 5) is 27.1. The minimum absolute atomic E-state index is 0.0316. The van der Waals surface area contributed by atoms with Crippen LogP contribution in [0.25, 0.3) is 0 Å². The number of hydrogen-bond donors (Lipinski definition) is 2. The lowest BCUT2D eigenvalue weighted by molar-refractivity contribution is -0.131. The van der Waals surface area contributed by atoms with Gasteiger partial charge in [-0.2, -0.15) is 0 Å². The molecule has 0 aromatic carbocycles. The SMILES string of the molecule is O=C(O)C1=NOC(C(=O)NCCC2=CCCC2)C1. The number of hydrogen-bond acceptors (Lipinski definition) is 4. The van der Waals surface area contributed by atoms with Gasteiger partial charge >= 0.3 is 5.97 Å². The lowest BCUT2D eigenvalue weighted by Crippen LogP contribution is -2.35. The quantitative estimate of drug-likeness (QED) is 0.709. The molecule has 2 aliphatic rings. The maximum Gasteiger partial charge on any atom is 0.353 e. The molecule has 6 nitrogen and oxygen atoms in total. The molecule has 2 rings (SSSR count). The minimum Gasteiger partial charge on any atom is -0.477 e. The first-order valence-corrected chi connectivity index (χ1v) is 6.08. The number of amides is 1. The van der Waals surface area contributed by atoms with Crippen molar-refractivity contribution in [2.24, 2.45) is 5.16 Å². The summed E-state index contributed by atoms with van der Waals surface area (Å²) in [6, 6.07) is 0. The number of rotatable bonds is 5. The molecule has 1 heterocycles. The van der Waals surface area contributed by atoms with Crippen LogP contribution in [-0.4, -0.2) is 35.3 Å². The monoisotopic (exact) mass is 252 g/mol. The van der Waals surface area contributed by atoms with E-state index in [1.54, 1.807) is 0 Å². The predicted octanol–water partition coefficient (Wildman–Crippen LogP) is 0.832. The van der Waals surface area contributed by atoms with Gasteiger partial charge in [-0.25, -0.2) is 4.79 Å².